The predicted octanol–water partition coefficient (Wildman–Crippen LogP) is 5.51. The van der Waals surface area contributed by atoms with Crippen LogP contribution in [-0.2, 0) is 0 Å². The van der Waals surface area contributed by atoms with Gasteiger partial charge in [-0.05, 0) is 47.6 Å². The highest BCUT2D eigenvalue weighted by molar-refractivity contribution is 5.87. The summed E-state index contributed by atoms with van der Waals surface area (Å²) in [6, 6.07) is 13.2. The molecule has 1 unspecified atom stereocenters. The molecule has 1 aliphatic rings. The molecule has 1 heteroatoms. The molecule has 1 fully saturated rings. The Morgan fingerprint density at radius 1 is 1.05 bits per heavy atom. The number of aryl methyl sites for hydroxylation is 1. The normalized spacial score (nSPS) is 18.0. The molecule has 0 heterocycles. The first-order valence-corrected chi connectivity index (χ1v) is 8.49. The number of fused-ring (bicyclic) bond motifs is 1. The molecule has 21 heavy (non-hydrogen) atoms. The van der Waals surface area contributed by atoms with Crippen LogP contribution in [0.25, 0.3) is 10.8 Å². The molecule has 2 aromatic carbocycles. The summed E-state index contributed by atoms with van der Waals surface area (Å²) in [6.45, 7) is 2.20. The minimum absolute atomic E-state index is 0.179. The van der Waals surface area contributed by atoms with E-state index in [0.29, 0.717) is 0 Å². The molecule has 3 rings (SSSR count). The van der Waals surface area contributed by atoms with Gasteiger partial charge in [0.05, 0.1) is 0 Å². The van der Waals surface area contributed by atoms with Crippen molar-refractivity contribution in [3.8, 4) is 0 Å². The van der Waals surface area contributed by atoms with Crippen molar-refractivity contribution in [2.24, 2.45) is 11.7 Å². The minimum atomic E-state index is 0.179. The summed E-state index contributed by atoms with van der Waals surface area (Å²) in [5.74, 6) is 0.917. The summed E-state index contributed by atoms with van der Waals surface area (Å²) in [6.07, 6.45) is 9.54. The SMILES string of the molecule is Cc1ccc2ccccc2c1C(N)CCC1CCCCC1. The molecule has 0 aromatic heterocycles. The summed E-state index contributed by atoms with van der Waals surface area (Å²) >= 11 is 0. The van der Waals surface area contributed by atoms with Gasteiger partial charge in [0, 0.05) is 6.04 Å². The molecule has 112 valence electrons. The van der Waals surface area contributed by atoms with Crippen molar-refractivity contribution in [2.75, 3.05) is 0 Å². The Labute approximate surface area is 128 Å². The lowest BCUT2D eigenvalue weighted by Gasteiger charge is -2.24. The van der Waals surface area contributed by atoms with Crippen molar-refractivity contribution < 1.29 is 0 Å². The van der Waals surface area contributed by atoms with Crippen LogP contribution in [0.1, 0.15) is 62.1 Å². The molecule has 1 nitrogen and oxygen atoms in total. The summed E-state index contributed by atoms with van der Waals surface area (Å²) in [5.41, 5.74) is 9.28. The average Bonchev–Trinajstić information content (AvgIpc) is 2.53. The van der Waals surface area contributed by atoms with Crippen molar-refractivity contribution in [2.45, 2.75) is 57.9 Å². The largest absolute Gasteiger partial charge is 0.324 e. The zero-order valence-corrected chi connectivity index (χ0v) is 13.1. The number of benzene rings is 2. The Bertz CT molecular complexity index is 596. The lowest BCUT2D eigenvalue weighted by Crippen LogP contribution is -2.15. The van der Waals surface area contributed by atoms with Crippen LogP contribution in [-0.4, -0.2) is 0 Å². The second-order valence-corrected chi connectivity index (χ2v) is 6.71. The van der Waals surface area contributed by atoms with Gasteiger partial charge in [0.15, 0.2) is 0 Å². The lowest BCUT2D eigenvalue weighted by molar-refractivity contribution is 0.324. The van der Waals surface area contributed by atoms with Crippen LogP contribution in [0.3, 0.4) is 0 Å². The van der Waals surface area contributed by atoms with Crippen LogP contribution < -0.4 is 5.73 Å². The molecule has 2 aromatic rings. The van der Waals surface area contributed by atoms with Crippen LogP contribution in [0.4, 0.5) is 0 Å². The Balaban J connectivity index is 1.77. The molecule has 1 saturated carbocycles. The molecular weight excluding hydrogens is 254 g/mol. The Kier molecular flexibility index (Phi) is 4.60. The maximum Gasteiger partial charge on any atom is 0.0303 e. The van der Waals surface area contributed by atoms with Gasteiger partial charge in [-0.25, -0.2) is 0 Å². The van der Waals surface area contributed by atoms with Gasteiger partial charge < -0.3 is 5.73 Å². The van der Waals surface area contributed by atoms with E-state index in [9.17, 15) is 0 Å². The Morgan fingerprint density at radius 2 is 1.81 bits per heavy atom. The number of rotatable bonds is 4. The van der Waals surface area contributed by atoms with Crippen LogP contribution >= 0.6 is 0 Å². The fourth-order valence-corrected chi connectivity index (χ4v) is 3.93. The van der Waals surface area contributed by atoms with E-state index < -0.39 is 0 Å². The monoisotopic (exact) mass is 281 g/mol. The average molecular weight is 281 g/mol. The van der Waals surface area contributed by atoms with Crippen molar-refractivity contribution in [1.82, 2.24) is 0 Å². The maximum atomic E-state index is 6.58. The van der Waals surface area contributed by atoms with Crippen LogP contribution in [0.2, 0.25) is 0 Å². The van der Waals surface area contributed by atoms with Crippen LogP contribution in [0, 0.1) is 12.8 Å². The van der Waals surface area contributed by atoms with Gasteiger partial charge in [0.25, 0.3) is 0 Å². The van der Waals surface area contributed by atoms with E-state index in [1.54, 1.807) is 0 Å². The third-order valence-electron chi connectivity index (χ3n) is 5.17. The van der Waals surface area contributed by atoms with Crippen molar-refractivity contribution in [3.63, 3.8) is 0 Å². The zero-order chi connectivity index (χ0) is 14.7. The second kappa shape index (κ2) is 6.62. The molecule has 0 saturated heterocycles. The number of hydrogen-bond acceptors (Lipinski definition) is 1. The molecule has 2 N–H and O–H groups in total. The van der Waals surface area contributed by atoms with Gasteiger partial charge >= 0.3 is 0 Å². The van der Waals surface area contributed by atoms with E-state index in [2.05, 4.69) is 43.3 Å². The number of nitrogens with two attached hydrogens (primary N) is 1. The summed E-state index contributed by atoms with van der Waals surface area (Å²) in [5, 5.41) is 2.65. The quantitative estimate of drug-likeness (QED) is 0.785. The highest BCUT2D eigenvalue weighted by Crippen LogP contribution is 2.33. The van der Waals surface area contributed by atoms with Gasteiger partial charge in [-0.3, -0.25) is 0 Å². The molecule has 1 aliphatic carbocycles. The molecule has 0 aliphatic heterocycles. The highest BCUT2D eigenvalue weighted by Gasteiger charge is 2.17. The van der Waals surface area contributed by atoms with Gasteiger partial charge in [-0.2, -0.15) is 0 Å². The van der Waals surface area contributed by atoms with Crippen molar-refractivity contribution in [1.29, 1.82) is 0 Å². The smallest absolute Gasteiger partial charge is 0.0303 e. The summed E-state index contributed by atoms with van der Waals surface area (Å²) < 4.78 is 0. The third kappa shape index (κ3) is 3.29. The van der Waals surface area contributed by atoms with Gasteiger partial charge in [0.1, 0.15) is 0 Å². The topological polar surface area (TPSA) is 26.0 Å². The summed E-state index contributed by atoms with van der Waals surface area (Å²) in [4.78, 5) is 0. The van der Waals surface area contributed by atoms with E-state index in [1.807, 2.05) is 0 Å². The minimum Gasteiger partial charge on any atom is -0.324 e. The van der Waals surface area contributed by atoms with E-state index in [0.717, 1.165) is 12.3 Å². The molecule has 0 bridgehead atoms. The van der Waals surface area contributed by atoms with Gasteiger partial charge in [-0.1, -0.05) is 68.5 Å². The van der Waals surface area contributed by atoms with E-state index in [-0.39, 0.29) is 6.04 Å². The standard InChI is InChI=1S/C20H27N/c1-15-11-13-17-9-5-6-10-18(17)20(15)19(21)14-12-16-7-3-2-4-8-16/h5-6,9-11,13,16,19H,2-4,7-8,12,14,21H2,1H3. The van der Waals surface area contributed by atoms with E-state index >= 15 is 0 Å². The highest BCUT2D eigenvalue weighted by atomic mass is 14.6. The van der Waals surface area contributed by atoms with Crippen LogP contribution in [0.15, 0.2) is 36.4 Å². The first-order valence-electron chi connectivity index (χ1n) is 8.49. The first-order chi connectivity index (χ1) is 10.3. The maximum absolute atomic E-state index is 6.58. The van der Waals surface area contributed by atoms with Crippen LogP contribution in [0.5, 0.6) is 0 Å². The Hall–Kier alpha value is -1.34. The van der Waals surface area contributed by atoms with Crippen molar-refractivity contribution in [3.05, 3.63) is 47.5 Å². The Morgan fingerprint density at radius 3 is 2.62 bits per heavy atom. The number of hydrogen-bond donors (Lipinski definition) is 1. The third-order valence-corrected chi connectivity index (χ3v) is 5.17. The van der Waals surface area contributed by atoms with Crippen molar-refractivity contribution >= 4 is 10.8 Å². The lowest BCUT2D eigenvalue weighted by atomic mass is 9.83. The van der Waals surface area contributed by atoms with Gasteiger partial charge in [-0.15, -0.1) is 0 Å². The fourth-order valence-electron chi connectivity index (χ4n) is 3.93. The fraction of sp³-hybridized carbons (Fsp3) is 0.500. The summed E-state index contributed by atoms with van der Waals surface area (Å²) in [7, 11) is 0. The molecule has 0 amide bonds. The van der Waals surface area contributed by atoms with E-state index in [4.69, 9.17) is 5.73 Å². The van der Waals surface area contributed by atoms with E-state index in [1.165, 1.54) is 60.4 Å². The molecule has 0 spiro atoms. The zero-order valence-electron chi connectivity index (χ0n) is 13.1. The molecular formula is C20H27N. The first kappa shape index (κ1) is 14.6. The second-order valence-electron chi connectivity index (χ2n) is 6.71. The van der Waals surface area contributed by atoms with Gasteiger partial charge in [0.2, 0.25) is 0 Å². The predicted molar refractivity (Wildman–Crippen MR) is 91.4 cm³/mol. The molecule has 1 atom stereocenters. The molecule has 0 radical (unpaired) electrons.